The monoisotopic (exact) mass is 858 g/mol. The highest BCUT2D eigenvalue weighted by Gasteiger charge is 2.24. The smallest absolute Gasteiger partial charge is 0.321 e. The molecule has 5 aliphatic rings. The van der Waals surface area contributed by atoms with Crippen molar-refractivity contribution >= 4 is 46.7 Å². The molecular formula is C50H62N6O7. The molecule has 5 aliphatic heterocycles. The lowest BCUT2D eigenvalue weighted by Crippen LogP contribution is -2.42. The SMILES string of the molecule is C1CCOC1.Cc1ccc(N=C=O)cc1.Cc1ccc(NC(=O)N2CCC(COc3ccc4c(c3)CCC(=O)N4)CC2)cc1.O=C1CCc2cc(OCC3CCNCC3)ccc2N1. The van der Waals surface area contributed by atoms with Crippen molar-refractivity contribution in [3.8, 4) is 11.5 Å². The van der Waals surface area contributed by atoms with Crippen molar-refractivity contribution in [3.63, 3.8) is 0 Å². The number of ether oxygens (including phenoxy) is 3. The molecule has 4 amide bonds. The van der Waals surface area contributed by atoms with Crippen LogP contribution >= 0.6 is 0 Å². The summed E-state index contributed by atoms with van der Waals surface area (Å²) >= 11 is 0. The largest absolute Gasteiger partial charge is 0.493 e. The van der Waals surface area contributed by atoms with Gasteiger partial charge in [0.15, 0.2) is 0 Å². The molecular weight excluding hydrogens is 797 g/mol. The first-order valence-electron chi connectivity index (χ1n) is 22.4. The summed E-state index contributed by atoms with van der Waals surface area (Å²) in [5.41, 5.74) is 7.95. The number of benzene rings is 4. The number of aliphatic imine (C=N–C) groups is 1. The Morgan fingerprint density at radius 1 is 0.714 bits per heavy atom. The molecule has 3 fully saturated rings. The lowest BCUT2D eigenvalue weighted by molar-refractivity contribution is -0.117. The lowest BCUT2D eigenvalue weighted by atomic mass is 9.98. The predicted molar refractivity (Wildman–Crippen MR) is 247 cm³/mol. The van der Waals surface area contributed by atoms with Crippen LogP contribution in [0.2, 0.25) is 0 Å². The first-order valence-corrected chi connectivity index (χ1v) is 22.4. The van der Waals surface area contributed by atoms with E-state index in [1.807, 2.05) is 85.5 Å². The van der Waals surface area contributed by atoms with Gasteiger partial charge in [-0.15, -0.1) is 0 Å². The zero-order valence-electron chi connectivity index (χ0n) is 36.7. The molecule has 0 spiro atoms. The number of nitrogens with one attached hydrogen (secondary N) is 4. The Kier molecular flexibility index (Phi) is 18.1. The van der Waals surface area contributed by atoms with Crippen LogP contribution < -0.4 is 30.7 Å². The van der Waals surface area contributed by atoms with Gasteiger partial charge in [0, 0.05) is 56.2 Å². The highest BCUT2D eigenvalue weighted by molar-refractivity contribution is 5.94. The summed E-state index contributed by atoms with van der Waals surface area (Å²) in [5, 5.41) is 12.1. The fraction of sp³-hybridized carbons (Fsp3) is 0.440. The summed E-state index contributed by atoms with van der Waals surface area (Å²) in [7, 11) is 0. The number of likely N-dealkylation sites (tertiary alicyclic amines) is 1. The third-order valence-electron chi connectivity index (χ3n) is 11.6. The molecule has 3 saturated heterocycles. The van der Waals surface area contributed by atoms with Gasteiger partial charge in [0.25, 0.3) is 0 Å². The van der Waals surface area contributed by atoms with E-state index in [1.165, 1.54) is 42.9 Å². The van der Waals surface area contributed by atoms with Gasteiger partial charge in [-0.25, -0.2) is 9.59 Å². The Hall–Kier alpha value is -6.01. The maximum atomic E-state index is 12.5. The van der Waals surface area contributed by atoms with E-state index in [0.717, 1.165) is 111 Å². The van der Waals surface area contributed by atoms with Gasteiger partial charge < -0.3 is 40.4 Å². The fourth-order valence-electron chi connectivity index (χ4n) is 7.70. The van der Waals surface area contributed by atoms with E-state index < -0.39 is 0 Å². The molecule has 0 radical (unpaired) electrons. The number of fused-ring (bicyclic) bond motifs is 2. The number of rotatable bonds is 8. The number of anilines is 3. The summed E-state index contributed by atoms with van der Waals surface area (Å²) in [6.45, 7) is 11.1. The third-order valence-corrected chi connectivity index (χ3v) is 11.6. The molecule has 334 valence electrons. The molecule has 0 atom stereocenters. The van der Waals surface area contributed by atoms with Gasteiger partial charge in [-0.3, -0.25) is 9.59 Å². The van der Waals surface area contributed by atoms with Crippen molar-refractivity contribution in [2.24, 2.45) is 16.8 Å². The minimum Gasteiger partial charge on any atom is -0.493 e. The van der Waals surface area contributed by atoms with E-state index in [0.29, 0.717) is 37.0 Å². The fourth-order valence-corrected chi connectivity index (χ4v) is 7.70. The zero-order chi connectivity index (χ0) is 44.2. The maximum Gasteiger partial charge on any atom is 0.321 e. The summed E-state index contributed by atoms with van der Waals surface area (Å²) in [5.74, 6) is 3.05. The van der Waals surface area contributed by atoms with Crippen LogP contribution in [0.25, 0.3) is 0 Å². The van der Waals surface area contributed by atoms with Crippen molar-refractivity contribution in [2.75, 3.05) is 68.6 Å². The molecule has 0 unspecified atom stereocenters. The van der Waals surface area contributed by atoms with Gasteiger partial charge in [-0.2, -0.15) is 4.99 Å². The van der Waals surface area contributed by atoms with E-state index >= 15 is 0 Å². The molecule has 5 heterocycles. The molecule has 13 heteroatoms. The number of hydrogen-bond donors (Lipinski definition) is 4. The Labute approximate surface area is 371 Å². The molecule has 13 nitrogen and oxygen atoms in total. The van der Waals surface area contributed by atoms with Gasteiger partial charge in [-0.05, 0) is 162 Å². The highest BCUT2D eigenvalue weighted by Crippen LogP contribution is 2.29. The summed E-state index contributed by atoms with van der Waals surface area (Å²) in [6.07, 6.45) is 11.0. The molecule has 0 bridgehead atoms. The number of hydrogen-bond acceptors (Lipinski definition) is 9. The van der Waals surface area contributed by atoms with Gasteiger partial charge in [0.05, 0.1) is 18.9 Å². The van der Waals surface area contributed by atoms with Crippen LogP contribution in [0.15, 0.2) is 89.9 Å². The molecule has 0 aromatic heterocycles. The minimum absolute atomic E-state index is 0.0371. The van der Waals surface area contributed by atoms with Crippen LogP contribution in [0.5, 0.6) is 11.5 Å². The first-order chi connectivity index (χ1) is 30.7. The zero-order valence-corrected chi connectivity index (χ0v) is 36.7. The molecule has 4 aromatic carbocycles. The number of piperidine rings is 2. The number of carbonyl (C=O) groups is 3. The summed E-state index contributed by atoms with van der Waals surface area (Å²) < 4.78 is 16.9. The second kappa shape index (κ2) is 24.6. The molecule has 4 aromatic rings. The van der Waals surface area contributed by atoms with Crippen molar-refractivity contribution in [2.45, 2.75) is 78.1 Å². The molecule has 9 rings (SSSR count). The average molecular weight is 859 g/mol. The predicted octanol–water partition coefficient (Wildman–Crippen LogP) is 8.91. The Bertz CT molecular complexity index is 2130. The van der Waals surface area contributed by atoms with Crippen molar-refractivity contribution in [1.29, 1.82) is 0 Å². The molecule has 0 aliphatic carbocycles. The Morgan fingerprint density at radius 2 is 1.22 bits per heavy atom. The summed E-state index contributed by atoms with van der Waals surface area (Å²) in [6, 6.07) is 27.0. The number of isocyanates is 1. The van der Waals surface area contributed by atoms with Crippen LogP contribution in [-0.2, 0) is 32.0 Å². The number of amides is 4. The quantitative estimate of drug-likeness (QED) is 0.101. The van der Waals surface area contributed by atoms with E-state index in [-0.39, 0.29) is 17.8 Å². The normalized spacial score (nSPS) is 16.9. The number of nitrogens with zero attached hydrogens (tertiary/aromatic N) is 2. The van der Waals surface area contributed by atoms with Crippen molar-refractivity contribution < 1.29 is 33.4 Å². The van der Waals surface area contributed by atoms with E-state index in [1.54, 1.807) is 12.1 Å². The second-order valence-electron chi connectivity index (χ2n) is 16.6. The second-order valence-corrected chi connectivity index (χ2v) is 16.6. The molecule has 0 saturated carbocycles. The highest BCUT2D eigenvalue weighted by atomic mass is 16.5. The summed E-state index contributed by atoms with van der Waals surface area (Å²) in [4.78, 5) is 50.3. The van der Waals surface area contributed by atoms with Gasteiger partial charge >= 0.3 is 6.03 Å². The minimum atomic E-state index is -0.0371. The maximum absolute atomic E-state index is 12.5. The average Bonchev–Trinajstić information content (AvgIpc) is 3.91. The van der Waals surface area contributed by atoms with Crippen LogP contribution in [0.3, 0.4) is 0 Å². The van der Waals surface area contributed by atoms with Crippen LogP contribution in [0, 0.1) is 25.7 Å². The number of urea groups is 1. The molecule has 63 heavy (non-hydrogen) atoms. The van der Waals surface area contributed by atoms with Crippen LogP contribution in [0.4, 0.5) is 27.5 Å². The topological polar surface area (TPSA) is 160 Å². The van der Waals surface area contributed by atoms with Gasteiger partial charge in [0.2, 0.25) is 17.9 Å². The van der Waals surface area contributed by atoms with Crippen molar-refractivity contribution in [3.05, 3.63) is 107 Å². The standard InChI is InChI=1S/C23H27N3O3.C15H20N2O2.C8H7NO.C4H8O/c1-16-2-5-19(6-3-16)24-23(28)26-12-10-17(11-13-26)15-29-20-7-8-21-18(14-20)4-9-22(27)25-21;18-15-4-1-12-9-13(2-3-14(12)17-15)19-10-11-5-7-16-8-6-11;1-7-2-4-8(5-3-7)9-6-10;1-2-4-5-3-1/h2-3,5-8,14,17H,4,9-13,15H2,1H3,(H,24,28)(H,25,27);2-3,9,11,16H,1,4-8,10H2,(H,17,18);2-5H,1H3;1-4H2. The van der Waals surface area contributed by atoms with E-state index in [4.69, 9.17) is 14.2 Å². The van der Waals surface area contributed by atoms with Gasteiger partial charge in [-0.1, -0.05) is 35.4 Å². The Morgan fingerprint density at radius 3 is 1.71 bits per heavy atom. The lowest BCUT2D eigenvalue weighted by Gasteiger charge is -2.32. The first kappa shape index (κ1) is 46.5. The van der Waals surface area contributed by atoms with Crippen LogP contribution in [0.1, 0.15) is 73.6 Å². The van der Waals surface area contributed by atoms with Crippen molar-refractivity contribution in [1.82, 2.24) is 10.2 Å². The number of carbonyl (C=O) groups excluding carboxylic acids is 4. The van der Waals surface area contributed by atoms with E-state index in [2.05, 4.69) is 32.3 Å². The Balaban J connectivity index is 0.000000164. The third kappa shape index (κ3) is 15.7. The van der Waals surface area contributed by atoms with E-state index in [9.17, 15) is 19.2 Å². The number of aryl methyl sites for hydroxylation is 4. The van der Waals surface area contributed by atoms with Crippen LogP contribution in [-0.4, -0.2) is 81.4 Å². The van der Waals surface area contributed by atoms with Gasteiger partial charge in [0.1, 0.15) is 11.5 Å². The molecule has 4 N–H and O–H groups in total.